The summed E-state index contributed by atoms with van der Waals surface area (Å²) in [6, 6.07) is 3.50. The van der Waals surface area contributed by atoms with Crippen LogP contribution in [0, 0.1) is 0 Å². The van der Waals surface area contributed by atoms with Crippen LogP contribution in [0.2, 0.25) is 0 Å². The van der Waals surface area contributed by atoms with E-state index >= 15 is 0 Å². The van der Waals surface area contributed by atoms with E-state index in [0.29, 0.717) is 51.9 Å². The molecule has 4 rings (SSSR count). The molecule has 3 heterocycles. The number of amides is 1. The number of pyridine rings is 1. The minimum absolute atomic E-state index is 0.0646. The topological polar surface area (TPSA) is 122 Å². The molecule has 0 spiro atoms. The van der Waals surface area contributed by atoms with Crippen LogP contribution in [0.25, 0.3) is 5.76 Å². The van der Waals surface area contributed by atoms with E-state index in [4.69, 9.17) is 0 Å². The van der Waals surface area contributed by atoms with E-state index < -0.39 is 0 Å². The second-order valence-electron chi connectivity index (χ2n) is 7.42. The molecular weight excluding hydrogens is 428 g/mol. The van der Waals surface area contributed by atoms with Crippen LogP contribution in [0.15, 0.2) is 36.3 Å². The van der Waals surface area contributed by atoms with Crippen molar-refractivity contribution in [2.45, 2.75) is 32.6 Å². The summed E-state index contributed by atoms with van der Waals surface area (Å²) in [6.45, 7) is 2.72. The molecule has 0 bridgehead atoms. The summed E-state index contributed by atoms with van der Waals surface area (Å²) in [7, 11) is 1.88. The average Bonchev–Trinajstić information content (AvgIpc) is 3.39. The number of rotatable bonds is 7. The predicted octanol–water partition coefficient (Wildman–Crippen LogP) is 3.37. The first-order valence-corrected chi connectivity index (χ1v) is 11.2. The highest BCUT2D eigenvalue weighted by atomic mass is 32.1. The molecule has 1 amide bonds. The highest BCUT2D eigenvalue weighted by Gasteiger charge is 2.29. The van der Waals surface area contributed by atoms with Crippen molar-refractivity contribution in [3.05, 3.63) is 58.3 Å². The standard InChI is InChI=1S/C22H24N6O3S/c1-3-23-16-7-4-13(12-25-16)19(30)14-5-6-15-21(20(14)31)32-22(26-15)27-18(29)9-8-17-24-10-11-28(17)2/h4,7,10-12,30H,3,5-6,8-9H2,1-2H3,(H,23,25)(H,26,27,29). The van der Waals surface area contributed by atoms with E-state index in [9.17, 15) is 14.7 Å². The highest BCUT2D eigenvalue weighted by Crippen LogP contribution is 2.34. The van der Waals surface area contributed by atoms with Gasteiger partial charge in [-0.05, 0) is 31.9 Å². The van der Waals surface area contributed by atoms with Gasteiger partial charge in [-0.15, -0.1) is 0 Å². The Labute approximate surface area is 189 Å². The summed E-state index contributed by atoms with van der Waals surface area (Å²) in [6.07, 6.45) is 6.75. The second kappa shape index (κ2) is 9.31. The molecule has 0 saturated carbocycles. The Balaban J connectivity index is 1.46. The Kier molecular flexibility index (Phi) is 6.31. The molecule has 1 aliphatic rings. The van der Waals surface area contributed by atoms with Crippen LogP contribution in [0.3, 0.4) is 0 Å². The van der Waals surface area contributed by atoms with Crippen LogP contribution >= 0.6 is 11.3 Å². The number of thiazole rings is 1. The molecule has 0 aliphatic heterocycles. The van der Waals surface area contributed by atoms with E-state index in [1.807, 2.05) is 24.7 Å². The molecule has 0 atom stereocenters. The van der Waals surface area contributed by atoms with Gasteiger partial charge in [-0.2, -0.15) is 0 Å². The molecule has 1 aliphatic carbocycles. The molecule has 0 unspecified atom stereocenters. The Hall–Kier alpha value is -3.53. The average molecular weight is 453 g/mol. The monoisotopic (exact) mass is 452 g/mol. The molecule has 32 heavy (non-hydrogen) atoms. The van der Waals surface area contributed by atoms with E-state index in [1.165, 1.54) is 0 Å². The number of carbonyl (C=O) groups is 2. The third-order valence-corrected chi connectivity index (χ3v) is 6.22. The predicted molar refractivity (Wildman–Crippen MR) is 123 cm³/mol. The Morgan fingerprint density at radius 3 is 2.81 bits per heavy atom. The number of aliphatic hydroxyl groups is 1. The third-order valence-electron chi connectivity index (χ3n) is 5.21. The Morgan fingerprint density at radius 2 is 2.12 bits per heavy atom. The fraction of sp³-hybridized carbons (Fsp3) is 0.318. The summed E-state index contributed by atoms with van der Waals surface area (Å²) < 4.78 is 1.87. The van der Waals surface area contributed by atoms with Gasteiger partial charge >= 0.3 is 0 Å². The number of ketones is 1. The smallest absolute Gasteiger partial charge is 0.226 e. The van der Waals surface area contributed by atoms with Crippen LogP contribution in [-0.4, -0.2) is 42.9 Å². The number of hydrogen-bond acceptors (Lipinski definition) is 8. The number of anilines is 2. The molecule has 0 radical (unpaired) electrons. The lowest BCUT2D eigenvalue weighted by molar-refractivity contribution is -0.116. The Bertz CT molecular complexity index is 1180. The normalized spacial score (nSPS) is 14.8. The van der Waals surface area contributed by atoms with Gasteiger partial charge in [-0.3, -0.25) is 9.59 Å². The van der Waals surface area contributed by atoms with E-state index in [-0.39, 0.29) is 23.9 Å². The third kappa shape index (κ3) is 4.54. The Morgan fingerprint density at radius 1 is 1.28 bits per heavy atom. The fourth-order valence-electron chi connectivity index (χ4n) is 3.51. The first-order chi connectivity index (χ1) is 15.5. The van der Waals surface area contributed by atoms with E-state index in [1.54, 1.807) is 24.5 Å². The van der Waals surface area contributed by atoms with Crippen LogP contribution < -0.4 is 10.6 Å². The second-order valence-corrected chi connectivity index (χ2v) is 8.42. The van der Waals surface area contributed by atoms with Crippen molar-refractivity contribution in [3.63, 3.8) is 0 Å². The van der Waals surface area contributed by atoms with Gasteiger partial charge in [0.25, 0.3) is 0 Å². The van der Waals surface area contributed by atoms with Crippen LogP contribution in [0.1, 0.15) is 46.5 Å². The number of hydrogen-bond donors (Lipinski definition) is 3. The molecule has 3 aromatic heterocycles. The number of Topliss-reactive ketones (excluding diaryl/α,β-unsaturated/α-hetero) is 1. The molecule has 3 N–H and O–H groups in total. The van der Waals surface area contributed by atoms with Crippen molar-refractivity contribution >= 4 is 39.7 Å². The molecule has 166 valence electrons. The summed E-state index contributed by atoms with van der Waals surface area (Å²) in [5, 5.41) is 17.0. The summed E-state index contributed by atoms with van der Waals surface area (Å²) >= 11 is 1.14. The minimum Gasteiger partial charge on any atom is -0.507 e. The van der Waals surface area contributed by atoms with Crippen molar-refractivity contribution < 1.29 is 14.7 Å². The molecule has 0 aromatic carbocycles. The van der Waals surface area contributed by atoms with Gasteiger partial charge in [0, 0.05) is 56.2 Å². The van der Waals surface area contributed by atoms with Gasteiger partial charge < -0.3 is 20.3 Å². The maximum Gasteiger partial charge on any atom is 0.226 e. The number of aliphatic hydroxyl groups excluding tert-OH is 1. The molecule has 0 fully saturated rings. The number of imidazole rings is 1. The lowest BCUT2D eigenvalue weighted by Gasteiger charge is -2.14. The molecule has 3 aromatic rings. The maximum absolute atomic E-state index is 13.0. The number of nitrogens with zero attached hydrogens (tertiary/aromatic N) is 4. The summed E-state index contributed by atoms with van der Waals surface area (Å²) in [5.41, 5.74) is 1.48. The summed E-state index contributed by atoms with van der Waals surface area (Å²) in [4.78, 5) is 38.7. The van der Waals surface area contributed by atoms with Gasteiger partial charge in [0.1, 0.15) is 22.3 Å². The number of fused-ring (bicyclic) bond motifs is 1. The van der Waals surface area contributed by atoms with Gasteiger partial charge in [0.15, 0.2) is 5.13 Å². The molecule has 10 heteroatoms. The number of aryl methyl sites for hydroxylation is 3. The van der Waals surface area contributed by atoms with Crippen molar-refractivity contribution in [3.8, 4) is 0 Å². The van der Waals surface area contributed by atoms with Crippen LogP contribution in [0.5, 0.6) is 0 Å². The zero-order valence-electron chi connectivity index (χ0n) is 17.9. The maximum atomic E-state index is 13.0. The van der Waals surface area contributed by atoms with Crippen LogP contribution in [0.4, 0.5) is 10.9 Å². The quantitative estimate of drug-likeness (QED) is 0.371. The lowest BCUT2D eigenvalue weighted by Crippen LogP contribution is -2.14. The number of nitrogens with one attached hydrogen (secondary N) is 2. The zero-order chi connectivity index (χ0) is 22.7. The van der Waals surface area contributed by atoms with Crippen molar-refractivity contribution in [1.29, 1.82) is 0 Å². The van der Waals surface area contributed by atoms with Gasteiger partial charge in [-0.25, -0.2) is 15.0 Å². The van der Waals surface area contributed by atoms with E-state index in [2.05, 4.69) is 25.6 Å². The number of allylic oxidation sites excluding steroid dienone is 1. The SMILES string of the molecule is CCNc1ccc(C(O)=C2CCc3nc(NC(=O)CCc4nccn4C)sc3C2=O)cn1. The molecular formula is C22H24N6O3S. The summed E-state index contributed by atoms with van der Waals surface area (Å²) in [5.74, 6) is 1.02. The zero-order valence-corrected chi connectivity index (χ0v) is 18.7. The van der Waals surface area contributed by atoms with E-state index in [0.717, 1.165) is 23.7 Å². The van der Waals surface area contributed by atoms with Gasteiger partial charge in [-0.1, -0.05) is 11.3 Å². The number of carbonyl (C=O) groups excluding carboxylic acids is 2. The first-order valence-electron chi connectivity index (χ1n) is 10.4. The fourth-order valence-corrected chi connectivity index (χ4v) is 4.51. The van der Waals surface area contributed by atoms with Crippen molar-refractivity contribution in [2.24, 2.45) is 7.05 Å². The van der Waals surface area contributed by atoms with Gasteiger partial charge in [0.2, 0.25) is 11.7 Å². The molecule has 9 nitrogen and oxygen atoms in total. The van der Waals surface area contributed by atoms with Gasteiger partial charge in [0.05, 0.1) is 5.69 Å². The number of aromatic nitrogens is 4. The largest absolute Gasteiger partial charge is 0.507 e. The lowest BCUT2D eigenvalue weighted by atomic mass is 9.93. The molecule has 0 saturated heterocycles. The van der Waals surface area contributed by atoms with Crippen molar-refractivity contribution in [2.75, 3.05) is 17.2 Å². The van der Waals surface area contributed by atoms with Crippen LogP contribution in [-0.2, 0) is 24.7 Å². The van der Waals surface area contributed by atoms with Crippen molar-refractivity contribution in [1.82, 2.24) is 19.5 Å². The minimum atomic E-state index is -0.259. The highest BCUT2D eigenvalue weighted by molar-refractivity contribution is 7.18. The first kappa shape index (κ1) is 21.7.